The summed E-state index contributed by atoms with van der Waals surface area (Å²) in [5.41, 5.74) is 15.7. The molecule has 2 amide bonds. The number of fused-ring (bicyclic) bond motifs is 3. The Balaban J connectivity index is 0. The molecule has 460 valence electrons. The standard InChI is InChI=1S/C16H19N3O3S.C14H15N3O3S2.C11H11N3OS.C8H16ClNO2.C3H7NO2S.CH2O3.2K.H/c1-16(2,3)22-15(20)18-7-4-8-21-11-5-6-12-13(9-11)23-14(10-17)19-12;15-4-1-5-20-8-2-3-9-11(6-8)22-13(16-9)12-17-10(7-21-12)14(18)19;12-4-1-5-15-8-2-3-9-10(6-8)16-11(7-13)14-9;1-8(2,3)12-7(11)10-6-4-5-9;4-2(1-7)3(5)6;2-1-4-3;;;/h5-6,9H,4,7-8H2,1-3H3,(H,18,20);2-3,6,10H,1,4-5,7,15H2,(H,18,19);2-3,6H,1,4-5,12H2;4-6H2,1-3H3,(H,10,11);2,7H,1,4H2,(H,5,6);1,3H;;;/q;;;;;;2*+1;-1/t;10-;;;2-;;;;/m.1..1..../s1. The molecule has 3 aromatic heterocycles. The summed E-state index contributed by atoms with van der Waals surface area (Å²) in [5.74, 6) is 1.66. The number of nitrogens with zero attached hydrogens (tertiary/aromatic N) is 6. The number of quaternary nitrogens is 1. The van der Waals surface area contributed by atoms with E-state index in [2.05, 4.69) is 53.8 Å². The number of aliphatic imine (C=N–C) groups is 1. The van der Waals surface area contributed by atoms with Gasteiger partial charge in [0.1, 0.15) is 56.7 Å². The number of carboxylic acids is 2. The number of thioether (sulfide) groups is 1. The number of hydrogen-bond donors (Lipinski definition) is 8. The smallest absolute Gasteiger partial charge is 1.00 e. The van der Waals surface area contributed by atoms with Gasteiger partial charge in [0, 0.05) is 36.9 Å². The van der Waals surface area contributed by atoms with Crippen molar-refractivity contribution < 1.29 is 178 Å². The fourth-order valence-corrected chi connectivity index (χ4v) is 9.73. The molecule has 0 radical (unpaired) electrons. The zero-order chi connectivity index (χ0) is 62.7. The fourth-order valence-electron chi connectivity index (χ4n) is 5.77. The summed E-state index contributed by atoms with van der Waals surface area (Å²) in [6, 6.07) is 19.6. The summed E-state index contributed by atoms with van der Waals surface area (Å²) in [7, 11) is 0. The van der Waals surface area contributed by atoms with Gasteiger partial charge < -0.3 is 73.3 Å². The van der Waals surface area contributed by atoms with Gasteiger partial charge in [-0.2, -0.15) is 23.2 Å². The fraction of sp³-hybridized carbons (Fsp3) is 0.453. The van der Waals surface area contributed by atoms with Crippen LogP contribution in [0, 0.1) is 22.7 Å². The minimum atomic E-state index is -1.00. The first kappa shape index (κ1) is 82.4. The molecule has 4 heterocycles. The van der Waals surface area contributed by atoms with Crippen molar-refractivity contribution in [1.82, 2.24) is 25.6 Å². The van der Waals surface area contributed by atoms with Crippen LogP contribution in [0.2, 0.25) is 0 Å². The Morgan fingerprint density at radius 2 is 1.22 bits per heavy atom. The number of alkyl carbamates (subject to hydrolysis) is 2. The number of aliphatic carboxylic acids is 2. The molecule has 2 atom stereocenters. The van der Waals surface area contributed by atoms with Gasteiger partial charge in [0.15, 0.2) is 16.1 Å². The number of thiol groups is 1. The van der Waals surface area contributed by atoms with Crippen LogP contribution in [0.25, 0.3) is 30.6 Å². The largest absolute Gasteiger partial charge is 1.00 e. The average Bonchev–Trinajstić information content (AvgIpc) is 1.91. The topological polar surface area (TPSA) is 407 Å². The van der Waals surface area contributed by atoms with Gasteiger partial charge in [-0.1, -0.05) is 0 Å². The van der Waals surface area contributed by atoms with Gasteiger partial charge in [0.05, 0.1) is 57.0 Å². The van der Waals surface area contributed by atoms with Crippen LogP contribution in [0.3, 0.4) is 0 Å². The third-order valence-corrected chi connectivity index (χ3v) is 14.2. The van der Waals surface area contributed by atoms with E-state index in [-0.39, 0.29) is 123 Å². The van der Waals surface area contributed by atoms with Crippen molar-refractivity contribution in [3.05, 3.63) is 69.6 Å². The number of benzene rings is 3. The maximum Gasteiger partial charge on any atom is 1.00 e. The van der Waals surface area contributed by atoms with Gasteiger partial charge >= 0.3 is 127 Å². The number of nitriles is 2. The molecule has 33 heteroatoms. The van der Waals surface area contributed by atoms with Gasteiger partial charge in [-0.3, -0.25) is 14.6 Å². The number of amides is 2. The van der Waals surface area contributed by atoms with Gasteiger partial charge in [-0.25, -0.2) is 29.3 Å². The predicted octanol–water partition coefficient (Wildman–Crippen LogP) is 0.634. The minimum absolute atomic E-state index is 0. The Kier molecular flexibility index (Phi) is 43.8. The number of halogens is 1. The monoisotopic (exact) mass is 1360 g/mol. The molecule has 25 nitrogen and oxygen atoms in total. The van der Waals surface area contributed by atoms with E-state index in [0.717, 1.165) is 78.7 Å². The quantitative estimate of drug-likeness (QED) is 0.00932. The van der Waals surface area contributed by atoms with Crippen LogP contribution in [-0.4, -0.2) is 147 Å². The molecule has 1 aliphatic heterocycles. The van der Waals surface area contributed by atoms with E-state index >= 15 is 0 Å². The molecule has 0 unspecified atom stereocenters. The van der Waals surface area contributed by atoms with Crippen LogP contribution in [0.5, 0.6) is 17.2 Å². The summed E-state index contributed by atoms with van der Waals surface area (Å²) < 4.78 is 29.9. The molecule has 0 spiro atoms. The zero-order valence-corrected chi connectivity index (χ0v) is 60.3. The third-order valence-electron chi connectivity index (χ3n) is 9.46. The van der Waals surface area contributed by atoms with Crippen molar-refractivity contribution >= 4 is 136 Å². The Labute approximate surface area is 611 Å². The number of hydrogen-bond acceptors (Lipinski definition) is 25. The molecule has 0 saturated carbocycles. The summed E-state index contributed by atoms with van der Waals surface area (Å²) in [5, 5.41) is 50.7. The number of ether oxygens (including phenoxy) is 5. The van der Waals surface area contributed by atoms with Crippen LogP contribution >= 0.6 is 70.0 Å². The van der Waals surface area contributed by atoms with Gasteiger partial charge in [0.2, 0.25) is 0 Å². The molecule has 7 rings (SSSR count). The Morgan fingerprint density at radius 3 is 1.58 bits per heavy atom. The maximum atomic E-state index is 11.5. The van der Waals surface area contributed by atoms with E-state index in [0.29, 0.717) is 72.6 Å². The minimum Gasteiger partial charge on any atom is -1.00 e. The second-order valence-electron chi connectivity index (χ2n) is 18.7. The first-order chi connectivity index (χ1) is 39.9. The van der Waals surface area contributed by atoms with Gasteiger partial charge in [-0.05, 0) is 122 Å². The van der Waals surface area contributed by atoms with E-state index in [1.807, 2.05) is 108 Å². The molecule has 0 bridgehead atoms. The summed E-state index contributed by atoms with van der Waals surface area (Å²) in [6.07, 6.45) is 2.39. The number of alkyl halides is 1. The number of nitrogens with two attached hydrogens (primary N) is 2. The molecular weight excluding hydrogens is 1290 g/mol. The molecule has 11 N–H and O–H groups in total. The number of carbonyl (C=O) groups excluding carboxylic acids is 3. The molecule has 3 aromatic carbocycles. The first-order valence-corrected chi connectivity index (χ1v) is 30.2. The number of carbonyl (C=O) groups is 5. The van der Waals surface area contributed by atoms with E-state index < -0.39 is 41.3 Å². The van der Waals surface area contributed by atoms with Crippen LogP contribution in [0.1, 0.15) is 83.7 Å². The van der Waals surface area contributed by atoms with Crippen LogP contribution in [0.4, 0.5) is 9.59 Å². The number of thiazole rings is 3. The second-order valence-corrected chi connectivity index (χ2v) is 23.6. The second kappa shape index (κ2) is 45.6. The Hall–Kier alpha value is -3.57. The van der Waals surface area contributed by atoms with Crippen LogP contribution in [-0.2, 0) is 28.7 Å². The van der Waals surface area contributed by atoms with Gasteiger partial charge in [-0.15, -0.1) is 57.4 Å². The van der Waals surface area contributed by atoms with Crippen molar-refractivity contribution in [3.8, 4) is 29.4 Å². The number of nitrogens with one attached hydrogen (secondary N) is 2. The Morgan fingerprint density at radius 1 is 0.791 bits per heavy atom. The summed E-state index contributed by atoms with van der Waals surface area (Å²) in [6.45, 7) is 15.1. The predicted molar refractivity (Wildman–Crippen MR) is 327 cm³/mol. The third kappa shape index (κ3) is 35.0. The van der Waals surface area contributed by atoms with E-state index in [9.17, 15) is 19.2 Å². The Bertz CT molecular complexity index is 3140. The maximum absolute atomic E-state index is 11.5. The SMILES string of the molecule is CC(C)(C)OC(=O)NCCCCl.CC(C)(C)OC(=O)NCCCOc1ccc2nc(C#N)sc2c1.N#Cc1nc2ccc(OCCC[NH3+])cc2s1.NCCCOc1ccc2nc(C3=N[C@@H](C(=O)O)CS3)sc2c1.N[C@H](CS)C(=O)O.O=CO[O-].[H-].[K+].[K+]. The summed E-state index contributed by atoms with van der Waals surface area (Å²) in [4.78, 5) is 71.5. The van der Waals surface area contributed by atoms with E-state index in [1.165, 1.54) is 45.8 Å². The molecule has 0 saturated heterocycles. The molecule has 0 aliphatic carbocycles. The normalized spacial score (nSPS) is 12.3. The number of rotatable bonds is 21. The van der Waals surface area contributed by atoms with E-state index in [4.69, 9.17) is 77.5 Å². The van der Waals surface area contributed by atoms with Crippen molar-refractivity contribution in [1.29, 1.82) is 10.5 Å². The van der Waals surface area contributed by atoms with Crippen LogP contribution < -0.4 is 150 Å². The number of carboxylic acid groups (broad SMARTS) is 2. The van der Waals surface area contributed by atoms with Crippen molar-refractivity contribution in [3.63, 3.8) is 0 Å². The van der Waals surface area contributed by atoms with E-state index in [1.54, 1.807) is 0 Å². The van der Waals surface area contributed by atoms with Crippen molar-refractivity contribution in [2.24, 2.45) is 16.5 Å². The molecular formula is C53H71ClK2N11O14S5+. The molecule has 1 aliphatic rings. The summed E-state index contributed by atoms with van der Waals surface area (Å²) >= 11 is 14.7. The van der Waals surface area contributed by atoms with Crippen molar-refractivity contribution in [2.45, 2.75) is 90.5 Å². The molecule has 86 heavy (non-hydrogen) atoms. The van der Waals surface area contributed by atoms with Crippen molar-refractivity contribution in [2.75, 3.05) is 63.4 Å². The van der Waals surface area contributed by atoms with Crippen LogP contribution in [0.15, 0.2) is 59.6 Å². The number of aromatic nitrogens is 3. The van der Waals surface area contributed by atoms with Gasteiger partial charge in [0.25, 0.3) is 6.47 Å². The molecule has 0 fully saturated rings. The first-order valence-electron chi connectivity index (χ1n) is 25.6. The molecule has 6 aromatic rings. The average molecular weight is 1360 g/mol. The zero-order valence-electron chi connectivity index (χ0n) is 50.1.